The van der Waals surface area contributed by atoms with E-state index in [1.54, 1.807) is 12.1 Å². The van der Waals surface area contributed by atoms with E-state index in [1.807, 2.05) is 0 Å². The molecule has 10 heteroatoms. The van der Waals surface area contributed by atoms with E-state index in [0.717, 1.165) is 23.4 Å². The highest BCUT2D eigenvalue weighted by molar-refractivity contribution is 7.89. The van der Waals surface area contributed by atoms with Gasteiger partial charge in [-0.3, -0.25) is 4.79 Å². The number of carbonyl (C=O) groups is 1. The van der Waals surface area contributed by atoms with E-state index in [0.29, 0.717) is 23.8 Å². The zero-order chi connectivity index (χ0) is 19.9. The van der Waals surface area contributed by atoms with E-state index in [1.165, 1.54) is 35.9 Å². The van der Waals surface area contributed by atoms with Crippen molar-refractivity contribution in [2.45, 2.75) is 30.7 Å². The van der Waals surface area contributed by atoms with Crippen LogP contribution in [0.1, 0.15) is 23.4 Å². The monoisotopic (exact) mass is 423 g/mol. The van der Waals surface area contributed by atoms with Gasteiger partial charge in [-0.2, -0.15) is 4.31 Å². The van der Waals surface area contributed by atoms with Crippen molar-refractivity contribution in [3.8, 4) is 11.5 Å². The lowest BCUT2D eigenvalue weighted by molar-refractivity contribution is -0.117. The van der Waals surface area contributed by atoms with Crippen molar-refractivity contribution in [1.29, 1.82) is 0 Å². The molecule has 8 nitrogen and oxygen atoms in total. The Bertz CT molecular complexity index is 1010. The first-order valence-corrected chi connectivity index (χ1v) is 11.2. The molecule has 1 amide bonds. The summed E-state index contributed by atoms with van der Waals surface area (Å²) in [5.74, 6) is 0.809. The molecule has 1 aromatic heterocycles. The Hall–Kier alpha value is -2.17. The molecular formula is C18H21N3O5S2. The smallest absolute Gasteiger partial charge is 0.247 e. The standard InChI is InChI=1S/C18H21N3O5S2/c1-25-12-5-6-14(26-2)16(9-12)28(23,24)21-8-7-13-15(10-21)27-18(19-13)20-17(22)11-3-4-11/h5-6,9,11H,3-4,7-8,10H2,1-2H3,(H,19,20,22). The van der Waals surface area contributed by atoms with Crippen LogP contribution < -0.4 is 14.8 Å². The third kappa shape index (κ3) is 3.59. The number of carbonyl (C=O) groups excluding carboxylic acids is 1. The van der Waals surface area contributed by atoms with Gasteiger partial charge in [-0.25, -0.2) is 13.4 Å². The molecule has 1 N–H and O–H groups in total. The predicted molar refractivity (Wildman–Crippen MR) is 104 cm³/mol. The molecule has 0 saturated heterocycles. The first-order valence-electron chi connectivity index (χ1n) is 8.94. The number of anilines is 1. The highest BCUT2D eigenvalue weighted by atomic mass is 32.2. The number of nitrogens with zero attached hydrogens (tertiary/aromatic N) is 2. The normalized spacial score (nSPS) is 17.1. The number of nitrogens with one attached hydrogen (secondary N) is 1. The molecule has 2 aliphatic rings. The Morgan fingerprint density at radius 1 is 1.29 bits per heavy atom. The zero-order valence-electron chi connectivity index (χ0n) is 15.6. The molecule has 2 aromatic rings. The second-order valence-electron chi connectivity index (χ2n) is 6.76. The third-order valence-corrected chi connectivity index (χ3v) is 7.73. The number of aromatic nitrogens is 1. The molecule has 1 saturated carbocycles. The highest BCUT2D eigenvalue weighted by Gasteiger charge is 2.34. The summed E-state index contributed by atoms with van der Waals surface area (Å²) in [4.78, 5) is 17.3. The van der Waals surface area contributed by atoms with E-state index in [2.05, 4.69) is 10.3 Å². The molecule has 150 valence electrons. The fourth-order valence-electron chi connectivity index (χ4n) is 3.11. The maximum Gasteiger partial charge on any atom is 0.247 e. The maximum atomic E-state index is 13.2. The molecule has 1 aliphatic carbocycles. The Kier molecular flexibility index (Phi) is 5.02. The maximum absolute atomic E-state index is 13.2. The van der Waals surface area contributed by atoms with Crippen LogP contribution in [0.3, 0.4) is 0 Å². The highest BCUT2D eigenvalue weighted by Crippen LogP contribution is 2.36. The molecule has 1 aromatic carbocycles. The molecule has 28 heavy (non-hydrogen) atoms. The molecule has 2 heterocycles. The average Bonchev–Trinajstić information content (AvgIpc) is 3.47. The number of rotatable bonds is 6. The molecule has 0 spiro atoms. The number of hydrogen-bond donors (Lipinski definition) is 1. The number of benzene rings is 1. The van der Waals surface area contributed by atoms with Crippen molar-refractivity contribution in [3.05, 3.63) is 28.8 Å². The van der Waals surface area contributed by atoms with Gasteiger partial charge in [0.2, 0.25) is 15.9 Å². The molecule has 0 radical (unpaired) electrons. The van der Waals surface area contributed by atoms with Gasteiger partial charge in [0.1, 0.15) is 16.4 Å². The second kappa shape index (κ2) is 7.34. The van der Waals surface area contributed by atoms with Crippen molar-refractivity contribution in [1.82, 2.24) is 9.29 Å². The fourth-order valence-corrected chi connectivity index (χ4v) is 5.80. The summed E-state index contributed by atoms with van der Waals surface area (Å²) < 4.78 is 38.3. The molecule has 1 aliphatic heterocycles. The van der Waals surface area contributed by atoms with Gasteiger partial charge < -0.3 is 14.8 Å². The number of sulfonamides is 1. The minimum Gasteiger partial charge on any atom is -0.497 e. The Morgan fingerprint density at radius 2 is 2.07 bits per heavy atom. The first kappa shape index (κ1) is 19.2. The van der Waals surface area contributed by atoms with Gasteiger partial charge in [-0.15, -0.1) is 11.3 Å². The second-order valence-corrected chi connectivity index (χ2v) is 9.75. The van der Waals surface area contributed by atoms with E-state index >= 15 is 0 Å². The first-order chi connectivity index (χ1) is 13.4. The van der Waals surface area contributed by atoms with Crippen LogP contribution in [-0.2, 0) is 27.8 Å². The summed E-state index contributed by atoms with van der Waals surface area (Å²) in [6, 6.07) is 4.71. The van der Waals surface area contributed by atoms with Gasteiger partial charge in [0.15, 0.2) is 5.13 Å². The van der Waals surface area contributed by atoms with Crippen molar-refractivity contribution in [3.63, 3.8) is 0 Å². The number of amides is 1. The van der Waals surface area contributed by atoms with Crippen LogP contribution in [0.5, 0.6) is 11.5 Å². The number of methoxy groups -OCH3 is 2. The van der Waals surface area contributed by atoms with Gasteiger partial charge in [-0.05, 0) is 25.0 Å². The largest absolute Gasteiger partial charge is 0.497 e. The minimum atomic E-state index is -3.78. The molecule has 0 unspecified atom stereocenters. The lowest BCUT2D eigenvalue weighted by Gasteiger charge is -2.26. The Labute approximate surface area is 167 Å². The van der Waals surface area contributed by atoms with Crippen LogP contribution in [0, 0.1) is 5.92 Å². The number of fused-ring (bicyclic) bond motifs is 1. The van der Waals surface area contributed by atoms with E-state index in [4.69, 9.17) is 9.47 Å². The summed E-state index contributed by atoms with van der Waals surface area (Å²) in [5.41, 5.74) is 0.847. The molecule has 0 bridgehead atoms. The van der Waals surface area contributed by atoms with Crippen LogP contribution in [0.15, 0.2) is 23.1 Å². The van der Waals surface area contributed by atoms with E-state index < -0.39 is 10.0 Å². The molecule has 4 rings (SSSR count). The Morgan fingerprint density at radius 3 is 2.75 bits per heavy atom. The molecule has 1 fully saturated rings. The Balaban J connectivity index is 1.58. The minimum absolute atomic E-state index is 0.00306. The zero-order valence-corrected chi connectivity index (χ0v) is 17.2. The van der Waals surface area contributed by atoms with Crippen molar-refractivity contribution in [2.75, 3.05) is 26.1 Å². The summed E-state index contributed by atoms with van der Waals surface area (Å²) in [6.07, 6.45) is 2.34. The summed E-state index contributed by atoms with van der Waals surface area (Å²) >= 11 is 1.34. The van der Waals surface area contributed by atoms with Crippen molar-refractivity contribution >= 4 is 32.4 Å². The van der Waals surface area contributed by atoms with Crippen LogP contribution in [-0.4, -0.2) is 44.4 Å². The number of thiazole rings is 1. The van der Waals surface area contributed by atoms with Crippen molar-refractivity contribution in [2.24, 2.45) is 5.92 Å². The van der Waals surface area contributed by atoms with Gasteiger partial charge in [0, 0.05) is 29.8 Å². The number of ether oxygens (including phenoxy) is 2. The lowest BCUT2D eigenvalue weighted by atomic mass is 10.2. The quantitative estimate of drug-likeness (QED) is 0.765. The topological polar surface area (TPSA) is 97.8 Å². The van der Waals surface area contributed by atoms with Gasteiger partial charge in [0.05, 0.1) is 26.5 Å². The average molecular weight is 424 g/mol. The van der Waals surface area contributed by atoms with Gasteiger partial charge in [0.25, 0.3) is 0 Å². The van der Waals surface area contributed by atoms with Crippen LogP contribution in [0.25, 0.3) is 0 Å². The number of hydrogen-bond acceptors (Lipinski definition) is 7. The van der Waals surface area contributed by atoms with Crippen molar-refractivity contribution < 1.29 is 22.7 Å². The lowest BCUT2D eigenvalue weighted by Crippen LogP contribution is -2.35. The predicted octanol–water partition coefficient (Wildman–Crippen LogP) is 2.26. The van der Waals surface area contributed by atoms with E-state index in [9.17, 15) is 13.2 Å². The molecular weight excluding hydrogens is 402 g/mol. The molecule has 0 atom stereocenters. The fraction of sp³-hybridized carbons (Fsp3) is 0.444. The van der Waals surface area contributed by atoms with Crippen LogP contribution >= 0.6 is 11.3 Å². The summed E-state index contributed by atoms with van der Waals surface area (Å²) in [7, 11) is -0.854. The van der Waals surface area contributed by atoms with Gasteiger partial charge >= 0.3 is 0 Å². The summed E-state index contributed by atoms with van der Waals surface area (Å²) in [5, 5.41) is 3.39. The summed E-state index contributed by atoms with van der Waals surface area (Å²) in [6.45, 7) is 0.532. The van der Waals surface area contributed by atoms with Crippen LogP contribution in [0.4, 0.5) is 5.13 Å². The van der Waals surface area contributed by atoms with Gasteiger partial charge in [-0.1, -0.05) is 0 Å². The van der Waals surface area contributed by atoms with Crippen LogP contribution in [0.2, 0.25) is 0 Å². The third-order valence-electron chi connectivity index (χ3n) is 4.86. The van der Waals surface area contributed by atoms with E-state index in [-0.39, 0.29) is 29.0 Å². The SMILES string of the molecule is COc1ccc(OC)c(S(=O)(=O)N2CCc3nc(NC(=O)C4CC4)sc3C2)c1.